The van der Waals surface area contributed by atoms with Gasteiger partial charge < -0.3 is 14.8 Å². The van der Waals surface area contributed by atoms with Gasteiger partial charge >= 0.3 is 5.97 Å². The van der Waals surface area contributed by atoms with Crippen LogP contribution in [-0.2, 0) is 4.79 Å². The van der Waals surface area contributed by atoms with E-state index in [2.05, 4.69) is 31.8 Å². The number of nitrogens with one attached hydrogen (secondary N) is 2. The van der Waals surface area contributed by atoms with Crippen LogP contribution >= 0.6 is 27.5 Å². The van der Waals surface area contributed by atoms with E-state index in [0.29, 0.717) is 23.5 Å². The molecule has 2 N–H and O–H groups in total. The van der Waals surface area contributed by atoms with Gasteiger partial charge in [-0.2, -0.15) is 5.10 Å². The van der Waals surface area contributed by atoms with Gasteiger partial charge in [-0.15, -0.1) is 0 Å². The Morgan fingerprint density at radius 1 is 1.06 bits per heavy atom. The van der Waals surface area contributed by atoms with Crippen LogP contribution in [0, 0.1) is 0 Å². The molecule has 186 valence electrons. The maximum absolute atomic E-state index is 12.6. The summed E-state index contributed by atoms with van der Waals surface area (Å²) in [5.41, 5.74) is 3.38. The van der Waals surface area contributed by atoms with Crippen LogP contribution in [-0.4, -0.2) is 37.1 Å². The zero-order chi connectivity index (χ0) is 25.9. The van der Waals surface area contributed by atoms with Crippen molar-refractivity contribution in [1.29, 1.82) is 0 Å². The number of rotatable bonds is 10. The first-order valence-corrected chi connectivity index (χ1v) is 12.1. The van der Waals surface area contributed by atoms with Crippen molar-refractivity contribution in [2.24, 2.45) is 5.10 Å². The SMILES string of the molecule is CCCOc1ccc(C(=O)Oc2ccc(Br)cc2/C=N\NC(=O)CNC(=O)c2ccccc2Cl)cc1. The summed E-state index contributed by atoms with van der Waals surface area (Å²) in [5, 5.41) is 6.66. The molecular weight excluding hydrogens is 550 g/mol. The molecule has 0 unspecified atom stereocenters. The lowest BCUT2D eigenvalue weighted by molar-refractivity contribution is -0.120. The Bertz CT molecular complexity index is 1260. The molecule has 8 nitrogen and oxygen atoms in total. The standard InChI is InChI=1S/C26H23BrClN3O5/c1-2-13-35-20-10-7-17(8-11-20)26(34)36-23-12-9-19(27)14-18(23)15-30-31-24(32)16-29-25(33)21-5-3-4-6-22(21)28/h3-12,14-15H,2,13,16H2,1H3,(H,29,33)(H,31,32)/b30-15-. The van der Waals surface area contributed by atoms with Crippen LogP contribution in [0.5, 0.6) is 11.5 Å². The van der Waals surface area contributed by atoms with Gasteiger partial charge in [0.1, 0.15) is 11.5 Å². The first-order valence-electron chi connectivity index (χ1n) is 11.0. The fourth-order valence-corrected chi connectivity index (χ4v) is 3.49. The highest BCUT2D eigenvalue weighted by molar-refractivity contribution is 9.10. The number of benzene rings is 3. The molecule has 0 radical (unpaired) electrons. The lowest BCUT2D eigenvalue weighted by atomic mass is 10.2. The second kappa shape index (κ2) is 13.4. The Labute approximate surface area is 221 Å². The van der Waals surface area contributed by atoms with Gasteiger partial charge in [0.25, 0.3) is 11.8 Å². The molecule has 0 bridgehead atoms. The minimum Gasteiger partial charge on any atom is -0.494 e. The average molecular weight is 573 g/mol. The van der Waals surface area contributed by atoms with Crippen molar-refractivity contribution in [2.45, 2.75) is 13.3 Å². The fourth-order valence-electron chi connectivity index (χ4n) is 2.89. The summed E-state index contributed by atoms with van der Waals surface area (Å²) in [4.78, 5) is 36.9. The summed E-state index contributed by atoms with van der Waals surface area (Å²) in [6.07, 6.45) is 2.22. The Balaban J connectivity index is 1.58. The van der Waals surface area contributed by atoms with Gasteiger partial charge in [0, 0.05) is 10.0 Å². The van der Waals surface area contributed by atoms with Crippen LogP contribution < -0.4 is 20.2 Å². The van der Waals surface area contributed by atoms with E-state index in [1.54, 1.807) is 66.7 Å². The van der Waals surface area contributed by atoms with Gasteiger partial charge in [0.2, 0.25) is 0 Å². The Hall–Kier alpha value is -3.69. The highest BCUT2D eigenvalue weighted by Gasteiger charge is 2.13. The van der Waals surface area contributed by atoms with Crippen LogP contribution in [0.1, 0.15) is 39.6 Å². The van der Waals surface area contributed by atoms with Crippen molar-refractivity contribution in [3.63, 3.8) is 0 Å². The van der Waals surface area contributed by atoms with Crippen molar-refractivity contribution in [3.8, 4) is 11.5 Å². The van der Waals surface area contributed by atoms with E-state index in [1.807, 2.05) is 6.92 Å². The number of ether oxygens (including phenoxy) is 2. The normalized spacial score (nSPS) is 10.6. The number of hydrogen-bond acceptors (Lipinski definition) is 6. The molecule has 0 aliphatic carbocycles. The Morgan fingerprint density at radius 3 is 2.53 bits per heavy atom. The fraction of sp³-hybridized carbons (Fsp3) is 0.154. The number of carbonyl (C=O) groups is 3. The molecule has 3 aromatic carbocycles. The van der Waals surface area contributed by atoms with Crippen LogP contribution in [0.2, 0.25) is 5.02 Å². The third kappa shape index (κ3) is 7.93. The van der Waals surface area contributed by atoms with E-state index in [-0.39, 0.29) is 22.9 Å². The molecule has 0 fully saturated rings. The molecule has 3 aromatic rings. The molecule has 36 heavy (non-hydrogen) atoms. The van der Waals surface area contributed by atoms with Gasteiger partial charge in [-0.25, -0.2) is 10.2 Å². The summed E-state index contributed by atoms with van der Waals surface area (Å²) >= 11 is 9.35. The molecule has 0 atom stereocenters. The number of halogens is 2. The van der Waals surface area contributed by atoms with Crippen molar-refractivity contribution in [1.82, 2.24) is 10.7 Å². The number of hydrogen-bond donors (Lipinski definition) is 2. The summed E-state index contributed by atoms with van der Waals surface area (Å²) in [6.45, 7) is 2.30. The average Bonchev–Trinajstić information content (AvgIpc) is 2.88. The highest BCUT2D eigenvalue weighted by atomic mass is 79.9. The van der Waals surface area contributed by atoms with Gasteiger partial charge in [-0.1, -0.05) is 46.6 Å². The summed E-state index contributed by atoms with van der Waals surface area (Å²) in [5.74, 6) is -0.667. The summed E-state index contributed by atoms with van der Waals surface area (Å²) in [7, 11) is 0. The number of carbonyl (C=O) groups excluding carboxylic acids is 3. The van der Waals surface area contributed by atoms with E-state index < -0.39 is 17.8 Å². The molecule has 0 aliphatic rings. The monoisotopic (exact) mass is 571 g/mol. The number of amides is 2. The second-order valence-corrected chi connectivity index (χ2v) is 8.72. The largest absolute Gasteiger partial charge is 0.494 e. The van der Waals surface area contributed by atoms with E-state index in [1.165, 1.54) is 6.21 Å². The minimum absolute atomic E-state index is 0.250. The lowest BCUT2D eigenvalue weighted by Crippen LogP contribution is -2.35. The smallest absolute Gasteiger partial charge is 0.343 e. The maximum Gasteiger partial charge on any atom is 0.343 e. The zero-order valence-electron chi connectivity index (χ0n) is 19.3. The van der Waals surface area contributed by atoms with E-state index in [4.69, 9.17) is 21.1 Å². The molecule has 0 heterocycles. The zero-order valence-corrected chi connectivity index (χ0v) is 21.6. The summed E-state index contributed by atoms with van der Waals surface area (Å²) < 4.78 is 11.8. The molecule has 3 rings (SSSR count). The predicted molar refractivity (Wildman–Crippen MR) is 141 cm³/mol. The van der Waals surface area contributed by atoms with Crippen LogP contribution in [0.25, 0.3) is 0 Å². The van der Waals surface area contributed by atoms with E-state index >= 15 is 0 Å². The van der Waals surface area contributed by atoms with Gasteiger partial charge in [-0.3, -0.25) is 9.59 Å². The maximum atomic E-state index is 12.6. The molecule has 0 saturated heterocycles. The Morgan fingerprint density at radius 2 is 1.81 bits per heavy atom. The number of nitrogens with zero attached hydrogens (tertiary/aromatic N) is 1. The van der Waals surface area contributed by atoms with Crippen LogP contribution in [0.15, 0.2) is 76.3 Å². The van der Waals surface area contributed by atoms with E-state index in [9.17, 15) is 14.4 Å². The topological polar surface area (TPSA) is 106 Å². The number of hydrazone groups is 1. The first kappa shape index (κ1) is 26.9. The third-order valence-corrected chi connectivity index (χ3v) is 5.48. The molecule has 10 heteroatoms. The lowest BCUT2D eigenvalue weighted by Gasteiger charge is -2.09. The van der Waals surface area contributed by atoms with Crippen molar-refractivity contribution >= 4 is 51.5 Å². The van der Waals surface area contributed by atoms with Gasteiger partial charge in [-0.05, 0) is 61.0 Å². The third-order valence-electron chi connectivity index (χ3n) is 4.66. The van der Waals surface area contributed by atoms with E-state index in [0.717, 1.165) is 10.9 Å². The van der Waals surface area contributed by atoms with Crippen molar-refractivity contribution in [3.05, 3.63) is 92.9 Å². The van der Waals surface area contributed by atoms with Crippen molar-refractivity contribution < 1.29 is 23.9 Å². The highest BCUT2D eigenvalue weighted by Crippen LogP contribution is 2.23. The number of esters is 1. The minimum atomic E-state index is -0.555. The quantitative estimate of drug-likeness (QED) is 0.154. The first-order chi connectivity index (χ1) is 17.4. The van der Waals surface area contributed by atoms with Gasteiger partial charge in [0.15, 0.2) is 0 Å². The van der Waals surface area contributed by atoms with Crippen LogP contribution in [0.4, 0.5) is 0 Å². The van der Waals surface area contributed by atoms with Crippen molar-refractivity contribution in [2.75, 3.05) is 13.2 Å². The molecule has 0 saturated carbocycles. The summed E-state index contributed by atoms with van der Waals surface area (Å²) in [6, 6.07) is 18.2. The predicted octanol–water partition coefficient (Wildman–Crippen LogP) is 4.99. The molecule has 0 spiro atoms. The molecular formula is C26H23BrClN3O5. The molecule has 0 aliphatic heterocycles. The molecule has 2 amide bonds. The second-order valence-electron chi connectivity index (χ2n) is 7.40. The van der Waals surface area contributed by atoms with Crippen LogP contribution in [0.3, 0.4) is 0 Å². The Kier molecular flexibility index (Phi) is 10.0. The van der Waals surface area contributed by atoms with Gasteiger partial charge in [0.05, 0.1) is 35.5 Å². The molecule has 0 aromatic heterocycles.